The fourth-order valence-electron chi connectivity index (χ4n) is 3.23. The van der Waals surface area contributed by atoms with Gasteiger partial charge in [-0.1, -0.05) is 53.5 Å². The molecule has 6 nitrogen and oxygen atoms in total. The van der Waals surface area contributed by atoms with Crippen molar-refractivity contribution in [3.8, 4) is 5.75 Å². The summed E-state index contributed by atoms with van der Waals surface area (Å²) in [4.78, 5) is 12.8. The van der Waals surface area contributed by atoms with Gasteiger partial charge in [0.15, 0.2) is 0 Å². The summed E-state index contributed by atoms with van der Waals surface area (Å²) in [6, 6.07) is 13.7. The molecule has 2 N–H and O–H groups in total. The minimum atomic E-state index is -4.81. The Kier molecular flexibility index (Phi) is 8.32. The van der Waals surface area contributed by atoms with Crippen LogP contribution in [0.1, 0.15) is 11.1 Å². The van der Waals surface area contributed by atoms with Crippen LogP contribution in [0, 0.1) is 0 Å². The van der Waals surface area contributed by atoms with Gasteiger partial charge in [-0.2, -0.15) is 17.9 Å². The summed E-state index contributed by atoms with van der Waals surface area (Å²) in [5.41, 5.74) is -1.17. The summed E-state index contributed by atoms with van der Waals surface area (Å²) in [5.74, 6) is -1.04. The average Bonchev–Trinajstić information content (AvgIpc) is 2.79. The number of ether oxygens (including phenoxy) is 1. The number of benzene rings is 3. The first-order chi connectivity index (χ1) is 16.4. The first-order valence-electron chi connectivity index (χ1n) is 9.98. The first-order valence-corrected chi connectivity index (χ1v) is 12.2. The molecular formula is C23H19Cl2F3N2O4S. The van der Waals surface area contributed by atoms with Crippen LogP contribution >= 0.6 is 23.2 Å². The van der Waals surface area contributed by atoms with E-state index in [0.29, 0.717) is 11.6 Å². The van der Waals surface area contributed by atoms with Gasteiger partial charge in [-0.05, 0) is 48.4 Å². The molecule has 1 atom stereocenters. The maximum Gasteiger partial charge on any atom is 0.418 e. The number of rotatable bonds is 8. The highest BCUT2D eigenvalue weighted by Gasteiger charge is 2.35. The second kappa shape index (κ2) is 10.9. The number of nitrogens with one attached hydrogen (secondary N) is 2. The average molecular weight is 547 g/mol. The number of sulfonamides is 1. The summed E-state index contributed by atoms with van der Waals surface area (Å²) in [5, 5.41) is 2.10. The maximum atomic E-state index is 13.5. The van der Waals surface area contributed by atoms with Crippen LogP contribution in [0.5, 0.6) is 5.75 Å². The molecule has 0 saturated heterocycles. The molecule has 3 aromatic carbocycles. The van der Waals surface area contributed by atoms with Crippen molar-refractivity contribution in [2.75, 3.05) is 12.4 Å². The van der Waals surface area contributed by atoms with Gasteiger partial charge in [-0.25, -0.2) is 8.42 Å². The molecule has 0 spiro atoms. The number of alkyl halides is 3. The van der Waals surface area contributed by atoms with E-state index in [4.69, 9.17) is 27.9 Å². The highest BCUT2D eigenvalue weighted by atomic mass is 35.5. The Labute approximate surface area is 210 Å². The number of hydrogen-bond donors (Lipinski definition) is 2. The lowest BCUT2D eigenvalue weighted by molar-refractivity contribution is -0.137. The standard InChI is InChI=1S/C23H19Cl2F3N2O4S/c1-34-20-10-8-16(25)13-21(20)35(32,33)30-19(11-14-5-3-2-4-6-14)22(31)29-18-9-7-15(24)12-17(18)23(26,27)28/h2-10,12-13,19,30H,11H2,1H3,(H,29,31)/t19-/m1/s1. The van der Waals surface area contributed by atoms with Crippen LogP contribution in [-0.2, 0) is 27.4 Å². The molecule has 0 fully saturated rings. The highest BCUT2D eigenvalue weighted by Crippen LogP contribution is 2.36. The summed E-state index contributed by atoms with van der Waals surface area (Å²) in [6.07, 6.45) is -4.96. The molecule has 1 amide bonds. The van der Waals surface area contributed by atoms with Gasteiger partial charge in [0.1, 0.15) is 16.7 Å². The minimum absolute atomic E-state index is 0.0298. The smallest absolute Gasteiger partial charge is 0.418 e. The quantitative estimate of drug-likeness (QED) is 0.388. The molecule has 0 aromatic heterocycles. The van der Waals surface area contributed by atoms with Gasteiger partial charge in [-0.3, -0.25) is 4.79 Å². The zero-order chi connectivity index (χ0) is 25.8. The lowest BCUT2D eigenvalue weighted by atomic mass is 10.1. The molecule has 0 aliphatic heterocycles. The second-order valence-corrected chi connectivity index (χ2v) is 9.89. The SMILES string of the molecule is COc1ccc(Cl)cc1S(=O)(=O)N[C@H](Cc1ccccc1)C(=O)Nc1ccc(Cl)cc1C(F)(F)F. The summed E-state index contributed by atoms with van der Waals surface area (Å²) in [7, 11) is -3.13. The number of methoxy groups -OCH3 is 1. The van der Waals surface area contributed by atoms with Crippen molar-refractivity contribution >= 4 is 44.8 Å². The van der Waals surface area contributed by atoms with Crippen LogP contribution in [0.15, 0.2) is 71.6 Å². The van der Waals surface area contributed by atoms with Crippen LogP contribution in [0.3, 0.4) is 0 Å². The third-order valence-corrected chi connectivity index (χ3v) is 6.82. The number of hydrogen-bond acceptors (Lipinski definition) is 4. The van der Waals surface area contributed by atoms with E-state index in [2.05, 4.69) is 10.0 Å². The maximum absolute atomic E-state index is 13.5. The van der Waals surface area contributed by atoms with Crippen LogP contribution in [0.4, 0.5) is 18.9 Å². The molecule has 0 aliphatic carbocycles. The van der Waals surface area contributed by atoms with Crippen molar-refractivity contribution < 1.29 is 31.1 Å². The van der Waals surface area contributed by atoms with Crippen LogP contribution in [-0.4, -0.2) is 27.5 Å². The molecular weight excluding hydrogens is 528 g/mol. The molecule has 3 rings (SSSR count). The van der Waals surface area contributed by atoms with Gasteiger partial charge in [0.2, 0.25) is 15.9 Å². The molecule has 0 aliphatic rings. The van der Waals surface area contributed by atoms with Crippen LogP contribution in [0.2, 0.25) is 10.0 Å². The Bertz CT molecular complexity index is 1320. The van der Waals surface area contributed by atoms with E-state index in [-0.39, 0.29) is 27.1 Å². The van der Waals surface area contributed by atoms with Crippen molar-refractivity contribution in [1.82, 2.24) is 4.72 Å². The molecule has 0 heterocycles. The molecule has 3 aromatic rings. The number of amides is 1. The predicted molar refractivity (Wildman–Crippen MR) is 127 cm³/mol. The van der Waals surface area contributed by atoms with Crippen LogP contribution < -0.4 is 14.8 Å². The number of carbonyl (C=O) groups is 1. The zero-order valence-electron chi connectivity index (χ0n) is 18.1. The van der Waals surface area contributed by atoms with E-state index >= 15 is 0 Å². The Hall–Kier alpha value is -2.79. The van der Waals surface area contributed by atoms with Gasteiger partial charge in [0, 0.05) is 10.0 Å². The molecule has 186 valence electrons. The van der Waals surface area contributed by atoms with E-state index in [9.17, 15) is 26.4 Å². The van der Waals surface area contributed by atoms with Gasteiger partial charge < -0.3 is 10.1 Å². The highest BCUT2D eigenvalue weighted by molar-refractivity contribution is 7.89. The Balaban J connectivity index is 1.98. The Morgan fingerprint density at radius 1 is 1.00 bits per heavy atom. The van der Waals surface area contributed by atoms with Crippen molar-refractivity contribution in [2.45, 2.75) is 23.5 Å². The number of carbonyl (C=O) groups excluding carboxylic acids is 1. The van der Waals surface area contributed by atoms with Crippen molar-refractivity contribution in [1.29, 1.82) is 0 Å². The Morgan fingerprint density at radius 3 is 2.26 bits per heavy atom. The van der Waals surface area contributed by atoms with Gasteiger partial charge >= 0.3 is 6.18 Å². The molecule has 0 radical (unpaired) electrons. The van der Waals surface area contributed by atoms with Crippen LogP contribution in [0.25, 0.3) is 0 Å². The van der Waals surface area contributed by atoms with E-state index in [1.807, 2.05) is 0 Å². The van der Waals surface area contributed by atoms with E-state index in [1.165, 1.54) is 25.3 Å². The van der Waals surface area contributed by atoms with Gasteiger partial charge in [-0.15, -0.1) is 0 Å². The van der Waals surface area contributed by atoms with Crippen molar-refractivity contribution in [3.05, 3.63) is 87.9 Å². The van der Waals surface area contributed by atoms with Gasteiger partial charge in [0.25, 0.3) is 0 Å². The van der Waals surface area contributed by atoms with Crippen molar-refractivity contribution in [3.63, 3.8) is 0 Å². The minimum Gasteiger partial charge on any atom is -0.495 e. The molecule has 12 heteroatoms. The predicted octanol–water partition coefficient (Wildman–Crippen LogP) is 5.55. The fraction of sp³-hybridized carbons (Fsp3) is 0.174. The number of anilines is 1. The zero-order valence-corrected chi connectivity index (χ0v) is 20.4. The van der Waals surface area contributed by atoms with Gasteiger partial charge in [0.05, 0.1) is 18.4 Å². The molecule has 0 unspecified atom stereocenters. The summed E-state index contributed by atoms with van der Waals surface area (Å²) in [6.45, 7) is 0. The lowest BCUT2D eigenvalue weighted by Crippen LogP contribution is -2.45. The normalized spacial score (nSPS) is 12.7. The van der Waals surface area contributed by atoms with E-state index < -0.39 is 39.4 Å². The fourth-order valence-corrected chi connectivity index (χ4v) is 5.03. The summed E-state index contributed by atoms with van der Waals surface area (Å²) < 4.78 is 74.2. The lowest BCUT2D eigenvalue weighted by Gasteiger charge is -2.21. The summed E-state index contributed by atoms with van der Waals surface area (Å²) >= 11 is 11.6. The molecule has 0 bridgehead atoms. The number of halogens is 5. The molecule has 0 saturated carbocycles. The topological polar surface area (TPSA) is 84.5 Å². The Morgan fingerprint density at radius 2 is 1.63 bits per heavy atom. The van der Waals surface area contributed by atoms with E-state index in [1.54, 1.807) is 30.3 Å². The molecule has 35 heavy (non-hydrogen) atoms. The monoisotopic (exact) mass is 546 g/mol. The second-order valence-electron chi connectivity index (χ2n) is 7.34. The largest absolute Gasteiger partial charge is 0.495 e. The van der Waals surface area contributed by atoms with E-state index in [0.717, 1.165) is 12.1 Å². The third-order valence-electron chi connectivity index (χ3n) is 4.86. The first kappa shape index (κ1) is 26.8. The third kappa shape index (κ3) is 6.88. The van der Waals surface area contributed by atoms with Crippen molar-refractivity contribution in [2.24, 2.45) is 0 Å².